The summed E-state index contributed by atoms with van der Waals surface area (Å²) in [5.41, 5.74) is 3.65. The fraction of sp³-hybridized carbons (Fsp3) is 0.321. The zero-order valence-electron chi connectivity index (χ0n) is 20.7. The first-order valence-electron chi connectivity index (χ1n) is 12.3. The molecule has 0 unspecified atom stereocenters. The third kappa shape index (κ3) is 6.90. The van der Waals surface area contributed by atoms with Gasteiger partial charge in [0.1, 0.15) is 0 Å². The van der Waals surface area contributed by atoms with Crippen molar-refractivity contribution in [2.75, 3.05) is 53.0 Å². The fourth-order valence-corrected chi connectivity index (χ4v) is 4.14. The van der Waals surface area contributed by atoms with Crippen LogP contribution in [0.5, 0.6) is 0 Å². The molecule has 36 heavy (non-hydrogen) atoms. The van der Waals surface area contributed by atoms with Crippen LogP contribution in [0, 0.1) is 0 Å². The van der Waals surface area contributed by atoms with Crippen molar-refractivity contribution in [1.29, 1.82) is 0 Å². The number of piperazine rings is 1. The topological polar surface area (TPSA) is 79.7 Å². The largest absolute Gasteiger partial charge is 0.385 e. The van der Waals surface area contributed by atoms with Gasteiger partial charge >= 0.3 is 0 Å². The van der Waals surface area contributed by atoms with Gasteiger partial charge in [-0.2, -0.15) is 5.10 Å². The zero-order chi connectivity index (χ0) is 25.2. The zero-order valence-corrected chi connectivity index (χ0v) is 20.7. The molecule has 0 saturated carbocycles. The first-order valence-corrected chi connectivity index (χ1v) is 12.3. The lowest BCUT2D eigenvalue weighted by Gasteiger charge is -2.33. The minimum Gasteiger partial charge on any atom is -0.385 e. The average Bonchev–Trinajstić information content (AvgIpc) is 3.35. The van der Waals surface area contributed by atoms with Crippen LogP contribution in [-0.2, 0) is 14.3 Å². The minimum atomic E-state index is -0.0369. The predicted molar refractivity (Wildman–Crippen MR) is 141 cm³/mol. The van der Waals surface area contributed by atoms with Crippen LogP contribution in [0.15, 0.2) is 72.9 Å². The minimum absolute atomic E-state index is 0.00893. The number of rotatable bonds is 10. The molecular formula is C28H33N5O3. The molecule has 0 atom stereocenters. The first kappa shape index (κ1) is 25.3. The number of carbonyl (C=O) groups is 2. The molecule has 188 valence electrons. The van der Waals surface area contributed by atoms with Gasteiger partial charge in [0.2, 0.25) is 11.8 Å². The Balaban J connectivity index is 1.37. The van der Waals surface area contributed by atoms with Gasteiger partial charge in [0.15, 0.2) is 0 Å². The van der Waals surface area contributed by atoms with Gasteiger partial charge in [-0.15, -0.1) is 0 Å². The Bertz CT molecular complexity index is 1150. The summed E-state index contributed by atoms with van der Waals surface area (Å²) in [6, 6.07) is 19.9. The van der Waals surface area contributed by atoms with Crippen LogP contribution in [0.3, 0.4) is 0 Å². The van der Waals surface area contributed by atoms with Crippen molar-refractivity contribution >= 4 is 17.9 Å². The fourth-order valence-electron chi connectivity index (χ4n) is 4.14. The number of ether oxygens (including phenoxy) is 1. The van der Waals surface area contributed by atoms with Crippen LogP contribution >= 0.6 is 0 Å². The summed E-state index contributed by atoms with van der Waals surface area (Å²) >= 11 is 0. The third-order valence-electron chi connectivity index (χ3n) is 6.11. The number of amides is 2. The van der Waals surface area contributed by atoms with Crippen LogP contribution in [0.2, 0.25) is 0 Å². The van der Waals surface area contributed by atoms with E-state index in [1.165, 1.54) is 0 Å². The molecule has 2 heterocycles. The lowest BCUT2D eigenvalue weighted by atomic mass is 10.1. The molecule has 0 aliphatic carbocycles. The monoisotopic (exact) mass is 487 g/mol. The highest BCUT2D eigenvalue weighted by Gasteiger charge is 2.21. The predicted octanol–water partition coefficient (Wildman–Crippen LogP) is 2.85. The van der Waals surface area contributed by atoms with E-state index in [9.17, 15) is 9.59 Å². The molecule has 1 N–H and O–H groups in total. The summed E-state index contributed by atoms with van der Waals surface area (Å²) in [6.45, 7) is 4.13. The lowest BCUT2D eigenvalue weighted by molar-refractivity contribution is -0.128. The molecule has 8 nitrogen and oxygen atoms in total. The summed E-state index contributed by atoms with van der Waals surface area (Å²) in [4.78, 5) is 28.9. The van der Waals surface area contributed by atoms with Gasteiger partial charge in [0, 0.05) is 69.8 Å². The normalized spacial score (nSPS) is 14.3. The van der Waals surface area contributed by atoms with Crippen LogP contribution in [-0.4, -0.2) is 84.4 Å². The van der Waals surface area contributed by atoms with E-state index in [2.05, 4.69) is 10.2 Å². The van der Waals surface area contributed by atoms with E-state index in [4.69, 9.17) is 9.84 Å². The maximum atomic E-state index is 12.9. The standard InChI is InChI=1S/C28H33N5O3/c1-36-20-8-15-29-26(34)22-31-16-18-32(19-17-31)27(35)14-13-24-21-33(25-11-6-3-7-12-25)30-28(24)23-9-4-2-5-10-23/h2-7,9-14,21H,8,15-20,22H2,1H3,(H,29,34)/b14-13+. The molecule has 1 aliphatic heterocycles. The Morgan fingerprint density at radius 1 is 1.00 bits per heavy atom. The quantitative estimate of drug-likeness (QED) is 0.351. The lowest BCUT2D eigenvalue weighted by Crippen LogP contribution is -2.50. The van der Waals surface area contributed by atoms with Crippen molar-refractivity contribution in [2.24, 2.45) is 0 Å². The van der Waals surface area contributed by atoms with Crippen molar-refractivity contribution in [3.05, 3.63) is 78.5 Å². The Kier molecular flexibility index (Phi) is 9.02. The van der Waals surface area contributed by atoms with E-state index in [1.807, 2.05) is 82.5 Å². The number of aromatic nitrogens is 2. The molecule has 1 aromatic heterocycles. The second-order valence-electron chi connectivity index (χ2n) is 8.71. The number of hydrogen-bond donors (Lipinski definition) is 1. The smallest absolute Gasteiger partial charge is 0.246 e. The highest BCUT2D eigenvalue weighted by molar-refractivity contribution is 5.93. The van der Waals surface area contributed by atoms with E-state index in [0.29, 0.717) is 45.9 Å². The highest BCUT2D eigenvalue weighted by Crippen LogP contribution is 2.24. The van der Waals surface area contributed by atoms with Crippen molar-refractivity contribution < 1.29 is 14.3 Å². The molecular weight excluding hydrogens is 454 g/mol. The van der Waals surface area contributed by atoms with Crippen molar-refractivity contribution in [3.8, 4) is 16.9 Å². The highest BCUT2D eigenvalue weighted by atomic mass is 16.5. The third-order valence-corrected chi connectivity index (χ3v) is 6.11. The van der Waals surface area contributed by atoms with Crippen LogP contribution in [0.25, 0.3) is 23.0 Å². The Morgan fingerprint density at radius 2 is 1.69 bits per heavy atom. The van der Waals surface area contributed by atoms with Gasteiger partial charge in [0.05, 0.1) is 17.9 Å². The second kappa shape index (κ2) is 12.8. The van der Waals surface area contributed by atoms with E-state index in [1.54, 1.807) is 13.2 Å². The number of nitrogens with zero attached hydrogens (tertiary/aromatic N) is 4. The van der Waals surface area contributed by atoms with Crippen molar-refractivity contribution in [2.45, 2.75) is 6.42 Å². The van der Waals surface area contributed by atoms with Crippen molar-refractivity contribution in [1.82, 2.24) is 24.9 Å². The molecule has 0 bridgehead atoms. The van der Waals surface area contributed by atoms with E-state index in [0.717, 1.165) is 28.9 Å². The molecule has 2 aromatic carbocycles. The van der Waals surface area contributed by atoms with Gasteiger partial charge in [-0.3, -0.25) is 14.5 Å². The summed E-state index contributed by atoms with van der Waals surface area (Å²) in [6.07, 6.45) is 6.21. The summed E-state index contributed by atoms with van der Waals surface area (Å²) in [7, 11) is 1.65. The maximum absolute atomic E-state index is 12.9. The van der Waals surface area contributed by atoms with Gasteiger partial charge in [-0.1, -0.05) is 48.5 Å². The molecule has 2 amide bonds. The molecule has 1 aliphatic rings. The Hall–Kier alpha value is -3.75. The number of benzene rings is 2. The van der Waals surface area contributed by atoms with Crippen LogP contribution in [0.1, 0.15) is 12.0 Å². The number of carbonyl (C=O) groups excluding carboxylic acids is 2. The van der Waals surface area contributed by atoms with E-state index < -0.39 is 0 Å². The van der Waals surface area contributed by atoms with Gasteiger partial charge in [0.25, 0.3) is 0 Å². The van der Waals surface area contributed by atoms with Crippen LogP contribution < -0.4 is 5.32 Å². The number of para-hydroxylation sites is 1. The molecule has 1 saturated heterocycles. The summed E-state index contributed by atoms with van der Waals surface area (Å²) in [5.74, 6) is -0.0280. The molecule has 1 fully saturated rings. The number of methoxy groups -OCH3 is 1. The van der Waals surface area contributed by atoms with E-state index >= 15 is 0 Å². The summed E-state index contributed by atoms with van der Waals surface area (Å²) < 4.78 is 6.84. The van der Waals surface area contributed by atoms with Crippen LogP contribution in [0.4, 0.5) is 0 Å². The summed E-state index contributed by atoms with van der Waals surface area (Å²) in [5, 5.41) is 7.71. The molecule has 0 spiro atoms. The van der Waals surface area contributed by atoms with Gasteiger partial charge in [-0.05, 0) is 24.6 Å². The second-order valence-corrected chi connectivity index (χ2v) is 8.71. The van der Waals surface area contributed by atoms with Crippen molar-refractivity contribution in [3.63, 3.8) is 0 Å². The molecule has 4 rings (SSSR count). The number of hydrogen-bond acceptors (Lipinski definition) is 5. The van der Waals surface area contributed by atoms with E-state index in [-0.39, 0.29) is 11.8 Å². The van der Waals surface area contributed by atoms with Gasteiger partial charge < -0.3 is 15.0 Å². The van der Waals surface area contributed by atoms with Gasteiger partial charge in [-0.25, -0.2) is 4.68 Å². The Labute approximate surface area is 212 Å². The SMILES string of the molecule is COCCCNC(=O)CN1CCN(C(=O)/C=C/c2cn(-c3ccccc3)nc2-c2ccccc2)CC1. The average molecular weight is 488 g/mol. The first-order chi connectivity index (χ1) is 17.6. The molecule has 8 heteroatoms. The number of nitrogens with one attached hydrogen (secondary N) is 1. The maximum Gasteiger partial charge on any atom is 0.246 e. The Morgan fingerprint density at radius 3 is 2.39 bits per heavy atom. The molecule has 0 radical (unpaired) electrons. The molecule has 3 aromatic rings.